The van der Waals surface area contributed by atoms with Crippen LogP contribution < -0.4 is 4.90 Å². The predicted octanol–water partition coefficient (Wildman–Crippen LogP) is 15.5. The van der Waals surface area contributed by atoms with Gasteiger partial charge in [0.15, 0.2) is 0 Å². The zero-order valence-corrected chi connectivity index (χ0v) is 28.9. The second-order valence-electron chi connectivity index (χ2n) is 12.8. The molecule has 0 atom stereocenters. The van der Waals surface area contributed by atoms with E-state index in [9.17, 15) is 11.0 Å². The summed E-state index contributed by atoms with van der Waals surface area (Å²) >= 11 is 0. The highest BCUT2D eigenvalue weighted by Gasteiger charge is 2.19. The zero-order chi connectivity index (χ0) is 56.1. The van der Waals surface area contributed by atoms with E-state index in [4.69, 9.17) is 23.6 Å². The molecule has 0 radical (unpaired) electrons. The molecule has 0 bridgehead atoms. The molecule has 0 amide bonds. The fraction of sp³-hybridized carbons (Fsp3) is 0. The predicted molar refractivity (Wildman–Crippen MR) is 237 cm³/mol. The minimum absolute atomic E-state index is 0.0438. The number of hydrogen-bond donors (Lipinski definition) is 0. The number of para-hydroxylation sites is 1. The molecule has 2 heteroatoms. The summed E-state index contributed by atoms with van der Waals surface area (Å²) in [6, 6.07) is 4.46. The summed E-state index contributed by atoms with van der Waals surface area (Å²) in [6.45, 7) is 0. The Morgan fingerprint density at radius 1 is 0.375 bits per heavy atom. The van der Waals surface area contributed by atoms with Gasteiger partial charge in [0, 0.05) is 33.1 Å². The van der Waals surface area contributed by atoms with Crippen molar-refractivity contribution < 1.29 is 34.6 Å². The monoisotopic (exact) mass is 735 g/mol. The first-order valence-corrected chi connectivity index (χ1v) is 17.4. The molecule has 0 aliphatic carbocycles. The van der Waals surface area contributed by atoms with Gasteiger partial charge in [-0.15, -0.1) is 0 Å². The number of nitrogens with zero attached hydrogens (tertiary/aromatic N) is 1. The molecule has 0 unspecified atom stereocenters. The SMILES string of the molecule is [2H]c1c([2H])c(N(c2ccccc2-c2ccc3oc4c5ccccc5ccc4c3c2)c2c([2H])c([2H])c(-c3c([2H])c([2H])c([2H])c4c([2H])c([2H])c([2H])c([2H])c34)c([2H])c2[2H])c([2H])c([2H])c1-c1c([2H])c([2H])c([2H])c2c([2H])c([2H])c([2H])c([2H])c12. The van der Waals surface area contributed by atoms with E-state index in [1.54, 1.807) is 30.3 Å². The van der Waals surface area contributed by atoms with Crippen molar-refractivity contribution >= 4 is 71.3 Å². The van der Waals surface area contributed by atoms with Gasteiger partial charge in [0.05, 0.1) is 35.8 Å². The summed E-state index contributed by atoms with van der Waals surface area (Å²) < 4.78 is 205. The van der Waals surface area contributed by atoms with Gasteiger partial charge in [-0.2, -0.15) is 0 Å². The van der Waals surface area contributed by atoms with Crippen LogP contribution in [0.2, 0.25) is 0 Å². The standard InChI is InChI=1S/C54H35NO/c1-4-16-44-36(11-1)14-9-20-46(44)39-23-29-42(30-24-39)55(43-31-25-40(26-32-43)47-21-10-15-37-12-2-5-17-45(37)47)52-22-8-7-18-48(52)41-28-34-53-51(35-41)50-33-27-38-13-3-6-19-49(38)54(50)56-53/h1-35H/i1D,2D,4D,5D,9D,10D,11D,12D,14D,15D,16D,17D,20D,21D,23D,24D,25D,26D,29D,30D,31D,32D. The average Bonchev–Trinajstić information content (AvgIpc) is 3.98. The van der Waals surface area contributed by atoms with E-state index < -0.39 is 188 Å². The minimum atomic E-state index is -0.934. The lowest BCUT2D eigenvalue weighted by atomic mass is 9.96. The van der Waals surface area contributed by atoms with Crippen molar-refractivity contribution in [2.75, 3.05) is 4.90 Å². The van der Waals surface area contributed by atoms with E-state index >= 15 is 0 Å². The second kappa shape index (κ2) is 13.2. The van der Waals surface area contributed by atoms with E-state index in [2.05, 4.69) is 0 Å². The van der Waals surface area contributed by atoms with E-state index in [0.717, 1.165) is 21.1 Å². The third-order valence-corrected chi connectivity index (χ3v) is 9.61. The number of anilines is 3. The van der Waals surface area contributed by atoms with Crippen LogP contribution in [0.15, 0.2) is 216 Å². The van der Waals surface area contributed by atoms with Gasteiger partial charge >= 0.3 is 0 Å². The summed E-state index contributed by atoms with van der Waals surface area (Å²) in [6.07, 6.45) is 0. The summed E-state index contributed by atoms with van der Waals surface area (Å²) in [4.78, 5) is 0.985. The molecule has 0 saturated carbocycles. The average molecular weight is 736 g/mol. The van der Waals surface area contributed by atoms with Gasteiger partial charge in [-0.25, -0.2) is 0 Å². The zero-order valence-electron chi connectivity index (χ0n) is 50.9. The second-order valence-corrected chi connectivity index (χ2v) is 12.8. The fourth-order valence-corrected chi connectivity index (χ4v) is 7.02. The van der Waals surface area contributed by atoms with Gasteiger partial charge < -0.3 is 9.32 Å². The van der Waals surface area contributed by atoms with Crippen LogP contribution in [0.3, 0.4) is 0 Å². The van der Waals surface area contributed by atoms with E-state index in [1.807, 2.05) is 36.4 Å². The molecular formula is C54H35NO. The van der Waals surface area contributed by atoms with Crippen molar-refractivity contribution in [3.63, 3.8) is 0 Å². The van der Waals surface area contributed by atoms with Crippen molar-refractivity contribution in [2.24, 2.45) is 0 Å². The number of fused-ring (bicyclic) bond motifs is 7. The Morgan fingerprint density at radius 3 is 1.64 bits per heavy atom. The molecule has 2 nitrogen and oxygen atoms in total. The maximum absolute atomic E-state index is 9.79. The summed E-state index contributed by atoms with van der Waals surface area (Å²) in [5.41, 5.74) is -2.20. The van der Waals surface area contributed by atoms with Crippen LogP contribution in [0.1, 0.15) is 30.2 Å². The first-order valence-electron chi connectivity index (χ1n) is 28.4. The number of hydrogen-bond acceptors (Lipinski definition) is 2. The van der Waals surface area contributed by atoms with Crippen LogP contribution in [-0.2, 0) is 0 Å². The molecule has 10 aromatic carbocycles. The number of benzene rings is 10. The van der Waals surface area contributed by atoms with Crippen molar-refractivity contribution in [3.8, 4) is 33.4 Å². The van der Waals surface area contributed by atoms with E-state index in [-0.39, 0.29) is 11.3 Å². The van der Waals surface area contributed by atoms with Crippen LogP contribution in [0, 0.1) is 0 Å². The lowest BCUT2D eigenvalue weighted by molar-refractivity contribution is 0.672. The number of furan rings is 1. The highest BCUT2D eigenvalue weighted by atomic mass is 16.3. The molecule has 1 aromatic heterocycles. The van der Waals surface area contributed by atoms with Crippen LogP contribution >= 0.6 is 0 Å². The summed E-state index contributed by atoms with van der Waals surface area (Å²) in [5.74, 6) is 0. The fourth-order valence-electron chi connectivity index (χ4n) is 7.02. The first-order chi connectivity index (χ1) is 36.9. The largest absolute Gasteiger partial charge is 0.455 e. The van der Waals surface area contributed by atoms with E-state index in [1.165, 1.54) is 12.1 Å². The molecular weight excluding hydrogens is 679 g/mol. The molecule has 262 valence electrons. The third-order valence-electron chi connectivity index (χ3n) is 9.61. The lowest BCUT2D eigenvalue weighted by Gasteiger charge is -2.28. The van der Waals surface area contributed by atoms with Gasteiger partial charge in [-0.05, 0) is 103 Å². The molecule has 0 fully saturated rings. The third kappa shape index (κ3) is 5.34. The summed E-state index contributed by atoms with van der Waals surface area (Å²) in [7, 11) is 0. The Kier molecular flexibility index (Phi) is 3.98. The molecule has 0 aliphatic rings. The highest BCUT2D eigenvalue weighted by molar-refractivity contribution is 6.15. The van der Waals surface area contributed by atoms with Crippen LogP contribution in [0.25, 0.3) is 87.6 Å². The molecule has 11 rings (SSSR count). The highest BCUT2D eigenvalue weighted by Crippen LogP contribution is 2.44. The number of rotatable bonds is 6. The van der Waals surface area contributed by atoms with Crippen LogP contribution in [0.5, 0.6) is 0 Å². The molecule has 1 heterocycles. The Bertz CT molecular complexity index is 4290. The molecule has 0 spiro atoms. The molecule has 0 N–H and O–H groups in total. The quantitative estimate of drug-likeness (QED) is 0.169. The Morgan fingerprint density at radius 2 is 0.964 bits per heavy atom. The van der Waals surface area contributed by atoms with Gasteiger partial charge in [-0.1, -0.05) is 163 Å². The maximum atomic E-state index is 9.79. The normalized spacial score (nSPS) is 17.1. The molecule has 0 saturated heterocycles. The smallest absolute Gasteiger partial charge is 0.143 e. The van der Waals surface area contributed by atoms with Crippen molar-refractivity contribution in [3.05, 3.63) is 212 Å². The van der Waals surface area contributed by atoms with E-state index in [0.29, 0.717) is 22.1 Å². The van der Waals surface area contributed by atoms with Gasteiger partial charge in [-0.3, -0.25) is 0 Å². The first kappa shape index (κ1) is 16.9. The van der Waals surface area contributed by atoms with Gasteiger partial charge in [0.1, 0.15) is 11.2 Å². The van der Waals surface area contributed by atoms with Crippen molar-refractivity contribution in [1.82, 2.24) is 0 Å². The minimum Gasteiger partial charge on any atom is -0.455 e. The van der Waals surface area contributed by atoms with Gasteiger partial charge in [0.2, 0.25) is 0 Å². The topological polar surface area (TPSA) is 16.4 Å². The maximum Gasteiger partial charge on any atom is 0.143 e. The Labute approximate surface area is 356 Å². The van der Waals surface area contributed by atoms with Crippen molar-refractivity contribution in [2.45, 2.75) is 0 Å². The molecule has 0 aliphatic heterocycles. The molecule has 11 aromatic rings. The van der Waals surface area contributed by atoms with Gasteiger partial charge in [0.25, 0.3) is 0 Å². The Hall–Kier alpha value is -7.42. The van der Waals surface area contributed by atoms with Crippen LogP contribution in [-0.4, -0.2) is 0 Å². The Balaban J connectivity index is 1.25. The van der Waals surface area contributed by atoms with Crippen LogP contribution in [0.4, 0.5) is 17.1 Å². The summed E-state index contributed by atoms with van der Waals surface area (Å²) in [5, 5.41) is 1.11. The lowest BCUT2D eigenvalue weighted by Crippen LogP contribution is -2.11. The molecule has 56 heavy (non-hydrogen) atoms. The van der Waals surface area contributed by atoms with Crippen molar-refractivity contribution in [1.29, 1.82) is 0 Å².